The number of benzene rings is 1. The van der Waals surface area contributed by atoms with Gasteiger partial charge in [-0.05, 0) is 49.8 Å². The molecule has 2 saturated heterocycles. The standard InChI is InChI=1S/C16H22FNO.ClH/c1-2-6-15-7-9-16(18-15,10-8-15)14(19)12-4-3-5-13(17)11-12;/h3-5,11,14,18-19H,2,6-10H2,1H3;1H. The number of halogens is 2. The van der Waals surface area contributed by atoms with E-state index in [1.54, 1.807) is 6.07 Å². The predicted octanol–water partition coefficient (Wildman–Crippen LogP) is 3.74. The molecule has 0 saturated carbocycles. The molecule has 0 spiro atoms. The SMILES string of the molecule is CCCC12CCC(C(O)c3cccc(F)c3)(CC1)N2.Cl. The number of aliphatic hydroxyl groups is 1. The number of hydrogen-bond donors (Lipinski definition) is 2. The quantitative estimate of drug-likeness (QED) is 0.888. The summed E-state index contributed by atoms with van der Waals surface area (Å²) in [5.74, 6) is -0.274. The molecule has 0 aromatic heterocycles. The minimum atomic E-state index is -0.607. The first-order valence-corrected chi connectivity index (χ1v) is 7.32. The first-order valence-electron chi connectivity index (χ1n) is 7.32. The highest BCUT2D eigenvalue weighted by Crippen LogP contribution is 2.52. The van der Waals surface area contributed by atoms with Crippen molar-refractivity contribution in [3.8, 4) is 0 Å². The summed E-state index contributed by atoms with van der Waals surface area (Å²) in [5.41, 5.74) is 0.688. The summed E-state index contributed by atoms with van der Waals surface area (Å²) in [4.78, 5) is 0. The van der Waals surface area contributed by atoms with Gasteiger partial charge in [0.1, 0.15) is 5.82 Å². The highest BCUT2D eigenvalue weighted by atomic mass is 35.5. The average molecular weight is 300 g/mol. The van der Waals surface area contributed by atoms with Crippen molar-refractivity contribution in [1.82, 2.24) is 5.32 Å². The molecule has 3 rings (SSSR count). The number of aliphatic hydroxyl groups excluding tert-OH is 1. The molecule has 1 atom stereocenters. The van der Waals surface area contributed by atoms with E-state index in [0.29, 0.717) is 5.56 Å². The zero-order valence-electron chi connectivity index (χ0n) is 11.9. The fourth-order valence-electron chi connectivity index (χ4n) is 4.08. The second kappa shape index (κ2) is 5.63. The van der Waals surface area contributed by atoms with E-state index in [-0.39, 0.29) is 29.3 Å². The number of rotatable bonds is 4. The summed E-state index contributed by atoms with van der Waals surface area (Å²) in [6.07, 6.45) is 5.98. The minimum absolute atomic E-state index is 0. The van der Waals surface area contributed by atoms with E-state index in [1.807, 2.05) is 6.07 Å². The molecule has 2 aliphatic heterocycles. The Hall–Kier alpha value is -0.640. The van der Waals surface area contributed by atoms with Crippen molar-refractivity contribution < 1.29 is 9.50 Å². The van der Waals surface area contributed by atoms with Gasteiger partial charge < -0.3 is 10.4 Å². The van der Waals surface area contributed by atoms with Crippen molar-refractivity contribution >= 4 is 12.4 Å². The van der Waals surface area contributed by atoms with Crippen molar-refractivity contribution in [2.45, 2.75) is 62.6 Å². The normalized spacial score (nSPS) is 33.0. The summed E-state index contributed by atoms with van der Waals surface area (Å²) in [6, 6.07) is 6.38. The van der Waals surface area contributed by atoms with Crippen molar-refractivity contribution in [3.63, 3.8) is 0 Å². The van der Waals surface area contributed by atoms with Gasteiger partial charge in [0.2, 0.25) is 0 Å². The van der Waals surface area contributed by atoms with Gasteiger partial charge in [-0.3, -0.25) is 0 Å². The van der Waals surface area contributed by atoms with Crippen LogP contribution in [0.25, 0.3) is 0 Å². The van der Waals surface area contributed by atoms with Crippen molar-refractivity contribution in [2.24, 2.45) is 0 Å². The van der Waals surface area contributed by atoms with E-state index in [4.69, 9.17) is 0 Å². The molecule has 2 aliphatic rings. The Bertz CT molecular complexity index is 471. The Kier molecular flexibility index (Phi) is 4.43. The van der Waals surface area contributed by atoms with E-state index in [2.05, 4.69) is 12.2 Å². The molecule has 1 unspecified atom stereocenters. The smallest absolute Gasteiger partial charge is 0.123 e. The monoisotopic (exact) mass is 299 g/mol. The van der Waals surface area contributed by atoms with E-state index in [9.17, 15) is 9.50 Å². The van der Waals surface area contributed by atoms with Gasteiger partial charge in [0.15, 0.2) is 0 Å². The summed E-state index contributed by atoms with van der Waals surface area (Å²) in [5, 5.41) is 14.4. The molecular formula is C16H23ClFNO. The Morgan fingerprint density at radius 1 is 1.30 bits per heavy atom. The summed E-state index contributed by atoms with van der Waals surface area (Å²) < 4.78 is 13.3. The van der Waals surface area contributed by atoms with Gasteiger partial charge in [0.05, 0.1) is 6.10 Å². The minimum Gasteiger partial charge on any atom is -0.386 e. The van der Waals surface area contributed by atoms with Crippen LogP contribution in [-0.2, 0) is 0 Å². The lowest BCUT2D eigenvalue weighted by Gasteiger charge is -2.32. The van der Waals surface area contributed by atoms with Crippen molar-refractivity contribution in [2.75, 3.05) is 0 Å². The first kappa shape index (κ1) is 15.7. The fraction of sp³-hybridized carbons (Fsp3) is 0.625. The molecule has 0 amide bonds. The molecule has 2 bridgehead atoms. The van der Waals surface area contributed by atoms with Gasteiger partial charge in [0.25, 0.3) is 0 Å². The third kappa shape index (κ3) is 2.47. The third-order valence-electron chi connectivity index (χ3n) is 5.03. The maximum Gasteiger partial charge on any atom is 0.123 e. The Labute approximate surface area is 126 Å². The molecule has 112 valence electrons. The van der Waals surface area contributed by atoms with Crippen LogP contribution in [0.3, 0.4) is 0 Å². The van der Waals surface area contributed by atoms with Crippen LogP contribution >= 0.6 is 12.4 Å². The molecule has 2 N–H and O–H groups in total. The molecule has 20 heavy (non-hydrogen) atoms. The highest BCUT2D eigenvalue weighted by molar-refractivity contribution is 5.85. The Morgan fingerprint density at radius 3 is 2.60 bits per heavy atom. The molecule has 1 aromatic rings. The van der Waals surface area contributed by atoms with Crippen molar-refractivity contribution in [3.05, 3.63) is 35.6 Å². The van der Waals surface area contributed by atoms with Crippen LogP contribution in [0, 0.1) is 5.82 Å². The molecule has 2 fully saturated rings. The Balaban J connectivity index is 0.00000147. The number of nitrogens with one attached hydrogen (secondary N) is 1. The van der Waals surface area contributed by atoms with Crippen LogP contribution in [0.1, 0.15) is 57.1 Å². The van der Waals surface area contributed by atoms with Gasteiger partial charge in [-0.15, -0.1) is 12.4 Å². The summed E-state index contributed by atoms with van der Waals surface area (Å²) in [6.45, 7) is 2.21. The molecule has 2 heterocycles. The van der Waals surface area contributed by atoms with Crippen LogP contribution in [-0.4, -0.2) is 16.2 Å². The van der Waals surface area contributed by atoms with Gasteiger partial charge >= 0.3 is 0 Å². The van der Waals surface area contributed by atoms with Gasteiger partial charge in [-0.1, -0.05) is 25.5 Å². The van der Waals surface area contributed by atoms with Gasteiger partial charge in [-0.2, -0.15) is 0 Å². The number of fused-ring (bicyclic) bond motifs is 2. The lowest BCUT2D eigenvalue weighted by molar-refractivity contribution is 0.0733. The fourth-order valence-corrected chi connectivity index (χ4v) is 4.08. The van der Waals surface area contributed by atoms with Crippen LogP contribution < -0.4 is 5.32 Å². The van der Waals surface area contributed by atoms with E-state index in [1.165, 1.54) is 25.0 Å². The largest absolute Gasteiger partial charge is 0.386 e. The van der Waals surface area contributed by atoms with Gasteiger partial charge in [0, 0.05) is 11.1 Å². The lowest BCUT2D eigenvalue weighted by Crippen LogP contribution is -2.46. The molecular weight excluding hydrogens is 277 g/mol. The number of hydrogen-bond acceptors (Lipinski definition) is 2. The zero-order chi connectivity index (χ0) is 13.5. The highest BCUT2D eigenvalue weighted by Gasteiger charge is 2.56. The van der Waals surface area contributed by atoms with Crippen LogP contribution in [0.4, 0.5) is 4.39 Å². The molecule has 4 heteroatoms. The maximum atomic E-state index is 13.3. The summed E-state index contributed by atoms with van der Waals surface area (Å²) >= 11 is 0. The third-order valence-corrected chi connectivity index (χ3v) is 5.03. The molecule has 1 aromatic carbocycles. The molecule has 0 radical (unpaired) electrons. The zero-order valence-corrected chi connectivity index (χ0v) is 12.7. The Morgan fingerprint density at radius 2 is 2.00 bits per heavy atom. The molecule has 2 nitrogen and oxygen atoms in total. The van der Waals surface area contributed by atoms with Crippen LogP contribution in [0.15, 0.2) is 24.3 Å². The second-order valence-corrected chi connectivity index (χ2v) is 6.27. The molecule has 0 aliphatic carbocycles. The average Bonchev–Trinajstić information content (AvgIpc) is 2.95. The maximum absolute atomic E-state index is 13.3. The van der Waals surface area contributed by atoms with E-state index in [0.717, 1.165) is 25.7 Å². The lowest BCUT2D eigenvalue weighted by atomic mass is 9.76. The van der Waals surface area contributed by atoms with Crippen LogP contribution in [0.5, 0.6) is 0 Å². The second-order valence-electron chi connectivity index (χ2n) is 6.27. The van der Waals surface area contributed by atoms with Crippen molar-refractivity contribution in [1.29, 1.82) is 0 Å². The van der Waals surface area contributed by atoms with Crippen LogP contribution in [0.2, 0.25) is 0 Å². The predicted molar refractivity (Wildman–Crippen MR) is 80.6 cm³/mol. The topological polar surface area (TPSA) is 32.3 Å². The van der Waals surface area contributed by atoms with E-state index >= 15 is 0 Å². The van der Waals surface area contributed by atoms with E-state index < -0.39 is 6.10 Å². The summed E-state index contributed by atoms with van der Waals surface area (Å²) in [7, 11) is 0. The first-order chi connectivity index (χ1) is 9.09. The van der Waals surface area contributed by atoms with Gasteiger partial charge in [-0.25, -0.2) is 4.39 Å².